The van der Waals surface area contributed by atoms with Crippen molar-refractivity contribution in [2.24, 2.45) is 0 Å². The van der Waals surface area contributed by atoms with Crippen molar-refractivity contribution in [1.29, 1.82) is 0 Å². The van der Waals surface area contributed by atoms with E-state index in [1.807, 2.05) is 27.7 Å². The Morgan fingerprint density at radius 2 is 2.18 bits per heavy atom. The summed E-state index contributed by atoms with van der Waals surface area (Å²) in [6.45, 7) is 7.66. The molecule has 0 aliphatic carbocycles. The molecule has 92 valence electrons. The van der Waals surface area contributed by atoms with Crippen LogP contribution in [0.1, 0.15) is 43.4 Å². The third-order valence-corrected chi connectivity index (χ3v) is 2.90. The highest BCUT2D eigenvalue weighted by Gasteiger charge is 2.15. The van der Waals surface area contributed by atoms with Crippen LogP contribution in [0, 0.1) is 13.8 Å². The first kappa shape index (κ1) is 11.6. The second-order valence-corrected chi connectivity index (χ2v) is 4.20. The Bertz CT molecular complexity index is 553. The fraction of sp³-hybridized carbons (Fsp3) is 0.545. The van der Waals surface area contributed by atoms with Crippen LogP contribution in [-0.2, 0) is 4.79 Å². The van der Waals surface area contributed by atoms with Crippen molar-refractivity contribution in [2.45, 2.75) is 40.2 Å². The molecule has 0 fully saturated rings. The third kappa shape index (κ3) is 2.02. The highest BCUT2D eigenvalue weighted by molar-refractivity contribution is 5.75. The van der Waals surface area contributed by atoms with Crippen molar-refractivity contribution in [3.05, 3.63) is 17.1 Å². The number of carbonyl (C=O) groups is 1. The molecule has 1 unspecified atom stereocenters. The summed E-state index contributed by atoms with van der Waals surface area (Å²) in [5.74, 6) is 0.733. The quantitative estimate of drug-likeness (QED) is 0.841. The van der Waals surface area contributed by atoms with E-state index in [2.05, 4.69) is 20.5 Å². The Balaban J connectivity index is 2.27. The smallest absolute Gasteiger partial charge is 0.220 e. The van der Waals surface area contributed by atoms with Gasteiger partial charge in [-0.3, -0.25) is 4.79 Å². The first-order valence-corrected chi connectivity index (χ1v) is 5.74. The van der Waals surface area contributed by atoms with Crippen LogP contribution in [0.4, 0.5) is 0 Å². The number of nitrogens with zero attached hydrogens (tertiary/aromatic N) is 3. The van der Waals surface area contributed by atoms with E-state index in [1.165, 1.54) is 0 Å². The fourth-order valence-corrected chi connectivity index (χ4v) is 1.66. The summed E-state index contributed by atoms with van der Waals surface area (Å²) in [7, 11) is 0. The van der Waals surface area contributed by atoms with Crippen LogP contribution in [0.25, 0.3) is 5.65 Å². The number of amides is 1. The molecular formula is C11H17N5O. The summed E-state index contributed by atoms with van der Waals surface area (Å²) in [6, 6.07) is -0.135. The lowest BCUT2D eigenvalue weighted by Gasteiger charge is -2.09. The number of fused-ring (bicyclic) bond motifs is 1. The zero-order valence-corrected chi connectivity index (χ0v) is 10.5. The topological polar surface area (TPSA) is 75.1 Å². The molecule has 6 nitrogen and oxygen atoms in total. The minimum Gasteiger partial charge on any atom is -0.346 e. The van der Waals surface area contributed by atoms with Crippen LogP contribution in [-0.4, -0.2) is 25.7 Å². The minimum atomic E-state index is -0.135. The summed E-state index contributed by atoms with van der Waals surface area (Å²) in [6.07, 6.45) is 0.473. The Morgan fingerprint density at radius 3 is 2.76 bits per heavy atom. The van der Waals surface area contributed by atoms with Gasteiger partial charge in [0.05, 0.1) is 11.7 Å². The van der Waals surface area contributed by atoms with Gasteiger partial charge in [0.1, 0.15) is 0 Å². The molecule has 2 N–H and O–H groups in total. The number of H-pyrrole nitrogens is 1. The number of hydrogen-bond acceptors (Lipinski definition) is 3. The lowest BCUT2D eigenvalue weighted by atomic mass is 10.3. The molecule has 2 rings (SSSR count). The summed E-state index contributed by atoms with van der Waals surface area (Å²) < 4.78 is 1.58. The molecule has 0 radical (unpaired) electrons. The standard InChI is InChI=1S/C11H17N5O/c1-5-9(17)12-8(4)10-13-11-6(2)7(3)14-16(11)15-10/h8H,5H2,1-4H3,(H,12,17)(H,13,15). The molecule has 17 heavy (non-hydrogen) atoms. The molecule has 2 aromatic rings. The van der Waals surface area contributed by atoms with Crippen molar-refractivity contribution in [2.75, 3.05) is 0 Å². The molecule has 1 amide bonds. The average molecular weight is 235 g/mol. The lowest BCUT2D eigenvalue weighted by molar-refractivity contribution is -0.121. The first-order valence-electron chi connectivity index (χ1n) is 5.74. The van der Waals surface area contributed by atoms with Gasteiger partial charge in [-0.2, -0.15) is 5.10 Å². The molecule has 0 saturated heterocycles. The number of aryl methyl sites for hydroxylation is 2. The molecule has 0 aliphatic heterocycles. The molecule has 0 saturated carbocycles. The van der Waals surface area contributed by atoms with Crippen molar-refractivity contribution < 1.29 is 4.79 Å². The van der Waals surface area contributed by atoms with Crippen LogP contribution in [0.15, 0.2) is 0 Å². The minimum absolute atomic E-state index is 0.0134. The predicted octanol–water partition coefficient (Wildman–Crippen LogP) is 1.26. The van der Waals surface area contributed by atoms with E-state index in [0.29, 0.717) is 6.42 Å². The van der Waals surface area contributed by atoms with Gasteiger partial charge in [-0.15, -0.1) is 9.73 Å². The second-order valence-electron chi connectivity index (χ2n) is 4.20. The normalized spacial score (nSPS) is 12.9. The molecule has 1 atom stereocenters. The third-order valence-electron chi connectivity index (χ3n) is 2.90. The van der Waals surface area contributed by atoms with E-state index >= 15 is 0 Å². The fourth-order valence-electron chi connectivity index (χ4n) is 1.66. The predicted molar refractivity (Wildman–Crippen MR) is 63.7 cm³/mol. The number of aromatic amines is 1. The van der Waals surface area contributed by atoms with Crippen LogP contribution >= 0.6 is 0 Å². The van der Waals surface area contributed by atoms with Crippen LogP contribution in [0.2, 0.25) is 0 Å². The van der Waals surface area contributed by atoms with Crippen molar-refractivity contribution >= 4 is 11.6 Å². The SMILES string of the molecule is CCC(=O)NC(C)c1nn2nc(C)c(C)c2[nH]1. The molecule has 2 heterocycles. The van der Waals surface area contributed by atoms with Crippen molar-refractivity contribution in [1.82, 2.24) is 25.1 Å². The first-order chi connectivity index (χ1) is 8.02. The van der Waals surface area contributed by atoms with Crippen molar-refractivity contribution in [3.8, 4) is 0 Å². The van der Waals surface area contributed by atoms with E-state index < -0.39 is 0 Å². The molecule has 0 aromatic carbocycles. The van der Waals surface area contributed by atoms with Crippen LogP contribution in [0.5, 0.6) is 0 Å². The number of carbonyl (C=O) groups excluding carboxylic acids is 1. The zero-order chi connectivity index (χ0) is 12.6. The zero-order valence-electron chi connectivity index (χ0n) is 10.5. The Morgan fingerprint density at radius 1 is 1.47 bits per heavy atom. The molecule has 2 aromatic heterocycles. The van der Waals surface area contributed by atoms with Crippen LogP contribution < -0.4 is 5.32 Å². The highest BCUT2D eigenvalue weighted by atomic mass is 16.1. The van der Waals surface area contributed by atoms with Crippen LogP contribution in [0.3, 0.4) is 0 Å². The molecule has 0 spiro atoms. The second kappa shape index (κ2) is 4.20. The molecular weight excluding hydrogens is 218 g/mol. The van der Waals surface area contributed by atoms with Gasteiger partial charge in [0.25, 0.3) is 0 Å². The summed E-state index contributed by atoms with van der Waals surface area (Å²) >= 11 is 0. The van der Waals surface area contributed by atoms with Gasteiger partial charge in [0, 0.05) is 12.0 Å². The maximum atomic E-state index is 11.3. The van der Waals surface area contributed by atoms with E-state index in [9.17, 15) is 4.79 Å². The number of hydrogen-bond donors (Lipinski definition) is 2. The molecule has 0 bridgehead atoms. The monoisotopic (exact) mass is 235 g/mol. The van der Waals surface area contributed by atoms with E-state index in [4.69, 9.17) is 0 Å². The Hall–Kier alpha value is -1.85. The largest absolute Gasteiger partial charge is 0.346 e. The van der Waals surface area contributed by atoms with E-state index in [0.717, 1.165) is 22.7 Å². The average Bonchev–Trinajstić information content (AvgIpc) is 2.80. The summed E-state index contributed by atoms with van der Waals surface area (Å²) in [5.41, 5.74) is 2.92. The maximum absolute atomic E-state index is 11.3. The number of rotatable bonds is 3. The highest BCUT2D eigenvalue weighted by Crippen LogP contribution is 2.14. The van der Waals surface area contributed by atoms with Crippen molar-refractivity contribution in [3.63, 3.8) is 0 Å². The van der Waals surface area contributed by atoms with Gasteiger partial charge in [-0.1, -0.05) is 6.92 Å². The Labute approximate surface area is 99.4 Å². The van der Waals surface area contributed by atoms with Gasteiger partial charge in [-0.25, -0.2) is 0 Å². The number of nitrogens with one attached hydrogen (secondary N) is 2. The van der Waals surface area contributed by atoms with Gasteiger partial charge in [0.2, 0.25) is 5.91 Å². The van der Waals surface area contributed by atoms with Gasteiger partial charge < -0.3 is 10.3 Å². The number of aromatic nitrogens is 4. The Kier molecular flexibility index (Phi) is 2.87. The lowest BCUT2D eigenvalue weighted by Crippen LogP contribution is -2.26. The summed E-state index contributed by atoms with van der Waals surface area (Å²) in [4.78, 5) is 14.5. The maximum Gasteiger partial charge on any atom is 0.220 e. The van der Waals surface area contributed by atoms with Gasteiger partial charge >= 0.3 is 0 Å². The van der Waals surface area contributed by atoms with E-state index in [1.54, 1.807) is 4.63 Å². The summed E-state index contributed by atoms with van der Waals surface area (Å²) in [5, 5.41) is 11.5. The molecule has 6 heteroatoms. The molecule has 0 aliphatic rings. The van der Waals surface area contributed by atoms with E-state index in [-0.39, 0.29) is 11.9 Å². The van der Waals surface area contributed by atoms with Gasteiger partial charge in [-0.05, 0) is 20.8 Å². The van der Waals surface area contributed by atoms with Gasteiger partial charge in [0.15, 0.2) is 11.5 Å².